The monoisotopic (exact) mass is 226 g/mol. The molecule has 0 atom stereocenters. The number of nitrogens with one attached hydrogen (secondary N) is 1. The molecule has 0 aliphatic heterocycles. The third-order valence-electron chi connectivity index (χ3n) is 2.90. The molecule has 1 saturated carbocycles. The first-order valence-electron chi connectivity index (χ1n) is 5.01. The average Bonchev–Trinajstić information content (AvgIpc) is 2.95. The fourth-order valence-corrected chi connectivity index (χ4v) is 1.76. The van der Waals surface area contributed by atoms with E-state index in [1.165, 1.54) is 0 Å². The summed E-state index contributed by atoms with van der Waals surface area (Å²) in [6.45, 7) is 2.14. The molecule has 1 aliphatic rings. The maximum atomic E-state index is 9.21. The van der Waals surface area contributed by atoms with E-state index >= 15 is 0 Å². The molecule has 0 bridgehead atoms. The predicted octanol–water partition coefficient (Wildman–Crippen LogP) is 2.17. The van der Waals surface area contributed by atoms with Gasteiger partial charge < -0.3 is 16.2 Å². The van der Waals surface area contributed by atoms with Crippen LogP contribution in [0.3, 0.4) is 0 Å². The normalized spacial score (nSPS) is 17.5. The fraction of sp³-hybridized carbons (Fsp3) is 0.455. The number of aliphatic hydroxyl groups excluding tert-OH is 1. The van der Waals surface area contributed by atoms with Crippen LogP contribution >= 0.6 is 11.6 Å². The third kappa shape index (κ3) is 2.03. The first-order valence-corrected chi connectivity index (χ1v) is 5.39. The predicted molar refractivity (Wildman–Crippen MR) is 63.3 cm³/mol. The molecular formula is C11H15ClN2O. The van der Waals surface area contributed by atoms with E-state index in [1.54, 1.807) is 0 Å². The number of aryl methyl sites for hydroxylation is 1. The lowest BCUT2D eigenvalue weighted by Gasteiger charge is -2.18. The molecule has 15 heavy (non-hydrogen) atoms. The van der Waals surface area contributed by atoms with Crippen LogP contribution in [-0.4, -0.2) is 17.3 Å². The van der Waals surface area contributed by atoms with E-state index in [0.717, 1.165) is 24.1 Å². The highest BCUT2D eigenvalue weighted by Gasteiger charge is 2.42. The van der Waals surface area contributed by atoms with Crippen LogP contribution in [0.1, 0.15) is 18.4 Å². The van der Waals surface area contributed by atoms with Crippen LogP contribution < -0.4 is 11.1 Å². The van der Waals surface area contributed by atoms with Gasteiger partial charge in [-0.05, 0) is 37.5 Å². The molecule has 1 aromatic carbocycles. The highest BCUT2D eigenvalue weighted by Crippen LogP contribution is 2.40. The quantitative estimate of drug-likeness (QED) is 0.693. The zero-order valence-electron chi connectivity index (χ0n) is 8.68. The first-order chi connectivity index (χ1) is 7.06. The lowest BCUT2D eigenvalue weighted by atomic mass is 10.1. The van der Waals surface area contributed by atoms with Gasteiger partial charge in [0.05, 0.1) is 22.9 Å². The maximum Gasteiger partial charge on any atom is 0.0661 e. The Labute approximate surface area is 94.2 Å². The van der Waals surface area contributed by atoms with E-state index in [9.17, 15) is 5.11 Å². The highest BCUT2D eigenvalue weighted by molar-refractivity contribution is 6.33. The average molecular weight is 227 g/mol. The van der Waals surface area contributed by atoms with Gasteiger partial charge in [-0.1, -0.05) is 11.6 Å². The number of rotatable bonds is 3. The van der Waals surface area contributed by atoms with Crippen LogP contribution in [0.5, 0.6) is 0 Å². The van der Waals surface area contributed by atoms with E-state index in [-0.39, 0.29) is 12.1 Å². The van der Waals surface area contributed by atoms with E-state index in [1.807, 2.05) is 19.1 Å². The van der Waals surface area contributed by atoms with Crippen molar-refractivity contribution in [2.75, 3.05) is 17.7 Å². The van der Waals surface area contributed by atoms with Crippen molar-refractivity contribution in [1.82, 2.24) is 0 Å². The molecule has 0 amide bonds. The fourth-order valence-electron chi connectivity index (χ4n) is 1.60. The van der Waals surface area contributed by atoms with E-state index in [2.05, 4.69) is 5.32 Å². The number of nitrogen functional groups attached to an aromatic ring is 1. The summed E-state index contributed by atoms with van der Waals surface area (Å²) in [6, 6.07) is 3.67. The lowest BCUT2D eigenvalue weighted by Crippen LogP contribution is -2.26. The second-order valence-corrected chi connectivity index (χ2v) is 4.66. The van der Waals surface area contributed by atoms with Crippen LogP contribution in [0, 0.1) is 6.92 Å². The van der Waals surface area contributed by atoms with Crippen molar-refractivity contribution in [3.05, 3.63) is 22.7 Å². The smallest absolute Gasteiger partial charge is 0.0661 e. The van der Waals surface area contributed by atoms with Crippen LogP contribution in [0.15, 0.2) is 12.1 Å². The van der Waals surface area contributed by atoms with Crippen molar-refractivity contribution in [2.24, 2.45) is 0 Å². The van der Waals surface area contributed by atoms with Gasteiger partial charge in [-0.15, -0.1) is 0 Å². The third-order valence-corrected chi connectivity index (χ3v) is 3.23. The molecular weight excluding hydrogens is 212 g/mol. The van der Waals surface area contributed by atoms with E-state index in [0.29, 0.717) is 10.7 Å². The molecule has 82 valence electrons. The number of halogens is 1. The Morgan fingerprint density at radius 2 is 2.20 bits per heavy atom. The van der Waals surface area contributed by atoms with Crippen LogP contribution in [0.25, 0.3) is 0 Å². The molecule has 0 aromatic heterocycles. The summed E-state index contributed by atoms with van der Waals surface area (Å²) in [4.78, 5) is 0. The van der Waals surface area contributed by atoms with Gasteiger partial charge >= 0.3 is 0 Å². The van der Waals surface area contributed by atoms with Gasteiger partial charge in [-0.25, -0.2) is 0 Å². The van der Waals surface area contributed by atoms with Gasteiger partial charge in [-0.2, -0.15) is 0 Å². The van der Waals surface area contributed by atoms with Gasteiger partial charge in [0, 0.05) is 5.69 Å². The first kappa shape index (κ1) is 10.6. The Hall–Kier alpha value is -0.930. The molecule has 0 saturated heterocycles. The summed E-state index contributed by atoms with van der Waals surface area (Å²) >= 11 is 5.95. The summed E-state index contributed by atoms with van der Waals surface area (Å²) in [7, 11) is 0. The van der Waals surface area contributed by atoms with E-state index in [4.69, 9.17) is 17.3 Å². The SMILES string of the molecule is Cc1cc(N)c(Cl)cc1NC1(CO)CC1. The van der Waals surface area contributed by atoms with E-state index < -0.39 is 0 Å². The Balaban J connectivity index is 2.25. The number of hydrogen-bond acceptors (Lipinski definition) is 3. The van der Waals surface area contributed by atoms with Crippen molar-refractivity contribution < 1.29 is 5.11 Å². The van der Waals surface area contributed by atoms with Gasteiger partial charge in [0.25, 0.3) is 0 Å². The zero-order valence-corrected chi connectivity index (χ0v) is 9.43. The van der Waals surface area contributed by atoms with Crippen LogP contribution in [0.4, 0.5) is 11.4 Å². The molecule has 1 aromatic rings. The Bertz CT molecular complexity index is 388. The highest BCUT2D eigenvalue weighted by atomic mass is 35.5. The summed E-state index contributed by atoms with van der Waals surface area (Å²) in [5.74, 6) is 0. The molecule has 1 fully saturated rings. The molecule has 4 N–H and O–H groups in total. The van der Waals surface area contributed by atoms with Crippen LogP contribution in [0.2, 0.25) is 5.02 Å². The molecule has 1 aliphatic carbocycles. The van der Waals surface area contributed by atoms with Crippen molar-refractivity contribution >= 4 is 23.0 Å². The number of benzene rings is 1. The van der Waals surface area contributed by atoms with Crippen molar-refractivity contribution in [3.63, 3.8) is 0 Å². The zero-order chi connectivity index (χ0) is 11.1. The molecule has 0 unspecified atom stereocenters. The summed E-state index contributed by atoms with van der Waals surface area (Å²) in [5, 5.41) is 13.1. The number of hydrogen-bond donors (Lipinski definition) is 3. The Morgan fingerprint density at radius 3 is 2.73 bits per heavy atom. The molecule has 2 rings (SSSR count). The second kappa shape index (κ2) is 3.58. The van der Waals surface area contributed by atoms with Gasteiger partial charge in [0.1, 0.15) is 0 Å². The molecule has 0 heterocycles. The molecule has 0 spiro atoms. The molecule has 4 heteroatoms. The Kier molecular flexibility index (Phi) is 2.52. The summed E-state index contributed by atoms with van der Waals surface area (Å²) < 4.78 is 0. The maximum absolute atomic E-state index is 9.21. The second-order valence-electron chi connectivity index (χ2n) is 4.25. The molecule has 3 nitrogen and oxygen atoms in total. The minimum Gasteiger partial charge on any atom is -0.398 e. The molecule has 0 radical (unpaired) electrons. The Morgan fingerprint density at radius 1 is 1.53 bits per heavy atom. The van der Waals surface area contributed by atoms with Crippen LogP contribution in [-0.2, 0) is 0 Å². The number of aliphatic hydroxyl groups is 1. The van der Waals surface area contributed by atoms with Gasteiger partial charge in [0.2, 0.25) is 0 Å². The minimum atomic E-state index is -0.121. The number of anilines is 2. The topological polar surface area (TPSA) is 58.3 Å². The summed E-state index contributed by atoms with van der Waals surface area (Å²) in [6.07, 6.45) is 2.01. The minimum absolute atomic E-state index is 0.121. The van der Waals surface area contributed by atoms with Crippen molar-refractivity contribution in [1.29, 1.82) is 0 Å². The number of nitrogens with two attached hydrogens (primary N) is 1. The van der Waals surface area contributed by atoms with Crippen molar-refractivity contribution in [3.8, 4) is 0 Å². The largest absolute Gasteiger partial charge is 0.398 e. The van der Waals surface area contributed by atoms with Crippen molar-refractivity contribution in [2.45, 2.75) is 25.3 Å². The lowest BCUT2D eigenvalue weighted by molar-refractivity contribution is 0.266. The van der Waals surface area contributed by atoms with Gasteiger partial charge in [0.15, 0.2) is 0 Å². The van der Waals surface area contributed by atoms with Gasteiger partial charge in [-0.3, -0.25) is 0 Å². The summed E-state index contributed by atoms with van der Waals surface area (Å²) in [5.41, 5.74) is 8.17. The standard InChI is InChI=1S/C11H15ClN2O/c1-7-4-9(13)8(12)5-10(7)14-11(6-15)2-3-11/h4-5,14-15H,2-3,6,13H2,1H3.